The summed E-state index contributed by atoms with van der Waals surface area (Å²) < 4.78 is 55.5. The molecule has 0 fully saturated rings. The molecule has 0 aliphatic rings. The molecule has 0 unspecified atom stereocenters. The highest BCUT2D eigenvalue weighted by Crippen LogP contribution is 2.30. The molecule has 3 rings (SSSR count). The lowest BCUT2D eigenvalue weighted by Crippen LogP contribution is -2.17. The maximum atomic E-state index is 12.7. The van der Waals surface area contributed by atoms with Crippen LogP contribution >= 0.6 is 46.4 Å². The van der Waals surface area contributed by atoms with Crippen molar-refractivity contribution in [2.45, 2.75) is 9.79 Å². The van der Waals surface area contributed by atoms with Gasteiger partial charge in [-0.05, 0) is 48.5 Å². The summed E-state index contributed by atoms with van der Waals surface area (Å²) in [5.74, 6) is 0. The highest BCUT2D eigenvalue weighted by Gasteiger charge is 2.21. The maximum absolute atomic E-state index is 12.7. The minimum atomic E-state index is -4.07. The Morgan fingerprint density at radius 3 is 1.23 bits per heavy atom. The Balaban J connectivity index is 1.94. The van der Waals surface area contributed by atoms with Crippen LogP contribution in [0.4, 0.5) is 11.4 Å². The fourth-order valence-corrected chi connectivity index (χ4v) is 5.29. The van der Waals surface area contributed by atoms with E-state index in [4.69, 9.17) is 46.4 Å². The van der Waals surface area contributed by atoms with Gasteiger partial charge in [-0.3, -0.25) is 9.44 Å². The Morgan fingerprint density at radius 2 is 0.900 bits per heavy atom. The normalized spacial score (nSPS) is 11.9. The lowest BCUT2D eigenvalue weighted by molar-refractivity contribution is 0.599. The minimum absolute atomic E-state index is 0.00667. The number of benzene rings is 3. The van der Waals surface area contributed by atoms with Crippen LogP contribution in [0.25, 0.3) is 0 Å². The molecule has 0 radical (unpaired) electrons. The third-order valence-corrected chi connectivity index (χ3v) is 8.02. The second-order valence-electron chi connectivity index (χ2n) is 5.91. The zero-order chi connectivity index (χ0) is 22.1. The van der Waals surface area contributed by atoms with E-state index in [-0.39, 0.29) is 41.3 Å². The van der Waals surface area contributed by atoms with Gasteiger partial charge in [0, 0.05) is 0 Å². The van der Waals surface area contributed by atoms with Crippen LogP contribution in [0.2, 0.25) is 20.1 Å². The summed E-state index contributed by atoms with van der Waals surface area (Å²) in [6.07, 6.45) is 0. The van der Waals surface area contributed by atoms with Gasteiger partial charge in [-0.1, -0.05) is 58.5 Å². The van der Waals surface area contributed by atoms with Gasteiger partial charge in [0.1, 0.15) is 0 Å². The average Bonchev–Trinajstić information content (AvgIpc) is 2.67. The molecule has 12 heteroatoms. The molecule has 2 N–H and O–H groups in total. The minimum Gasteiger partial charge on any atom is -0.277 e. The standard InChI is InChI=1S/C18H12Cl4N2O4S2/c19-13-7-5-11(9-15(13)21)29(25,26)23-17-3-1-2-4-18(17)24-30(27,28)12-6-8-14(20)16(22)10-12/h1-10,23-24H. The number of sulfonamides is 2. The Hall–Kier alpha value is -1.68. The summed E-state index contributed by atoms with van der Waals surface area (Å²) in [4.78, 5) is -0.280. The highest BCUT2D eigenvalue weighted by atomic mass is 35.5. The number of rotatable bonds is 6. The van der Waals surface area contributed by atoms with Crippen LogP contribution in [0.15, 0.2) is 70.5 Å². The van der Waals surface area contributed by atoms with Crippen LogP contribution in [0.1, 0.15) is 0 Å². The smallest absolute Gasteiger partial charge is 0.262 e. The first kappa shape index (κ1) is 23.0. The van der Waals surface area contributed by atoms with Crippen molar-refractivity contribution >= 4 is 77.8 Å². The van der Waals surface area contributed by atoms with Crippen LogP contribution < -0.4 is 9.44 Å². The third-order valence-electron chi connectivity index (χ3n) is 3.82. The van der Waals surface area contributed by atoms with E-state index in [0.29, 0.717) is 0 Å². The summed E-state index contributed by atoms with van der Waals surface area (Å²) >= 11 is 23.4. The summed E-state index contributed by atoms with van der Waals surface area (Å²) in [7, 11) is -8.15. The van der Waals surface area contributed by atoms with Gasteiger partial charge in [-0.25, -0.2) is 16.8 Å². The number of hydrogen-bond acceptors (Lipinski definition) is 4. The summed E-state index contributed by atoms with van der Waals surface area (Å²) in [5.41, 5.74) is 0.0133. The summed E-state index contributed by atoms with van der Waals surface area (Å²) in [6.45, 7) is 0. The van der Waals surface area contributed by atoms with E-state index < -0.39 is 20.0 Å². The molecule has 0 amide bonds. The lowest BCUT2D eigenvalue weighted by Gasteiger charge is -2.15. The van der Waals surface area contributed by atoms with E-state index in [1.54, 1.807) is 12.1 Å². The van der Waals surface area contributed by atoms with E-state index in [9.17, 15) is 16.8 Å². The predicted molar refractivity (Wildman–Crippen MR) is 121 cm³/mol. The first-order chi connectivity index (χ1) is 14.0. The molecular formula is C18H12Cl4N2O4S2. The Morgan fingerprint density at radius 1 is 0.533 bits per heavy atom. The molecule has 0 aliphatic heterocycles. The van der Waals surface area contributed by atoms with E-state index in [2.05, 4.69) is 9.44 Å². The molecule has 0 heterocycles. The van der Waals surface area contributed by atoms with Crippen LogP contribution in [-0.4, -0.2) is 16.8 Å². The van der Waals surface area contributed by atoms with Crippen LogP contribution in [0, 0.1) is 0 Å². The van der Waals surface area contributed by atoms with Gasteiger partial charge < -0.3 is 0 Å². The average molecular weight is 526 g/mol. The number of para-hydroxylation sites is 2. The van der Waals surface area contributed by atoms with Gasteiger partial charge >= 0.3 is 0 Å². The fourth-order valence-electron chi connectivity index (χ4n) is 2.36. The first-order valence-corrected chi connectivity index (χ1v) is 12.5. The van der Waals surface area contributed by atoms with Gasteiger partial charge in [0.2, 0.25) is 0 Å². The number of halogens is 4. The van der Waals surface area contributed by atoms with Gasteiger partial charge in [0.05, 0.1) is 41.3 Å². The van der Waals surface area contributed by atoms with Crippen molar-refractivity contribution in [3.8, 4) is 0 Å². The van der Waals surface area contributed by atoms with Crippen molar-refractivity contribution in [1.82, 2.24) is 0 Å². The maximum Gasteiger partial charge on any atom is 0.262 e. The van der Waals surface area contributed by atoms with Crippen molar-refractivity contribution < 1.29 is 16.8 Å². The molecule has 30 heavy (non-hydrogen) atoms. The zero-order valence-electron chi connectivity index (χ0n) is 14.7. The van der Waals surface area contributed by atoms with E-state index in [0.717, 1.165) is 0 Å². The summed E-state index contributed by atoms with van der Waals surface area (Å²) in [6, 6.07) is 13.5. The topological polar surface area (TPSA) is 92.3 Å². The molecule has 0 saturated heterocycles. The lowest BCUT2D eigenvalue weighted by atomic mass is 10.3. The molecule has 0 atom stereocenters. The van der Waals surface area contributed by atoms with Crippen LogP contribution in [-0.2, 0) is 20.0 Å². The molecular weight excluding hydrogens is 514 g/mol. The van der Waals surface area contributed by atoms with Crippen molar-refractivity contribution in [1.29, 1.82) is 0 Å². The quantitative estimate of drug-likeness (QED) is 0.419. The number of anilines is 2. The first-order valence-electron chi connectivity index (χ1n) is 8.04. The zero-order valence-corrected chi connectivity index (χ0v) is 19.4. The van der Waals surface area contributed by atoms with Crippen molar-refractivity contribution in [3.05, 3.63) is 80.8 Å². The summed E-state index contributed by atoms with van der Waals surface area (Å²) in [5, 5.41) is 0.525. The van der Waals surface area contributed by atoms with Gasteiger partial charge in [0.15, 0.2) is 0 Å². The molecule has 3 aromatic rings. The van der Waals surface area contributed by atoms with Crippen LogP contribution in [0.3, 0.4) is 0 Å². The molecule has 0 spiro atoms. The highest BCUT2D eigenvalue weighted by molar-refractivity contribution is 7.93. The molecule has 0 aromatic heterocycles. The third kappa shape index (κ3) is 5.14. The van der Waals surface area contributed by atoms with Gasteiger partial charge in [-0.15, -0.1) is 0 Å². The van der Waals surface area contributed by atoms with Crippen molar-refractivity contribution in [3.63, 3.8) is 0 Å². The van der Waals surface area contributed by atoms with Crippen molar-refractivity contribution in [2.24, 2.45) is 0 Å². The second kappa shape index (κ2) is 8.82. The monoisotopic (exact) mass is 524 g/mol. The second-order valence-corrected chi connectivity index (χ2v) is 10.9. The predicted octanol–water partition coefficient (Wildman–Crippen LogP) is 5.90. The van der Waals surface area contributed by atoms with Gasteiger partial charge in [-0.2, -0.15) is 0 Å². The molecule has 0 saturated carbocycles. The number of nitrogens with one attached hydrogen (secondary N) is 2. The Bertz CT molecular complexity index is 1230. The Kier molecular flexibility index (Phi) is 6.76. The van der Waals surface area contributed by atoms with Crippen molar-refractivity contribution in [2.75, 3.05) is 9.44 Å². The molecule has 3 aromatic carbocycles. The molecule has 158 valence electrons. The molecule has 0 bridgehead atoms. The largest absolute Gasteiger partial charge is 0.277 e. The molecule has 0 aliphatic carbocycles. The fraction of sp³-hybridized carbons (Fsp3) is 0. The Labute approximate surface area is 193 Å². The van der Waals surface area contributed by atoms with E-state index in [1.807, 2.05) is 0 Å². The van der Waals surface area contributed by atoms with Crippen LogP contribution in [0.5, 0.6) is 0 Å². The number of hydrogen-bond donors (Lipinski definition) is 2. The SMILES string of the molecule is O=S(=O)(Nc1ccccc1NS(=O)(=O)c1ccc(Cl)c(Cl)c1)c1ccc(Cl)c(Cl)c1. The van der Waals surface area contributed by atoms with E-state index in [1.165, 1.54) is 48.5 Å². The van der Waals surface area contributed by atoms with E-state index >= 15 is 0 Å². The van der Waals surface area contributed by atoms with Gasteiger partial charge in [0.25, 0.3) is 20.0 Å². The molecule has 6 nitrogen and oxygen atoms in total.